The summed E-state index contributed by atoms with van der Waals surface area (Å²) in [5, 5.41) is 0. The molecule has 9 aromatic heterocycles. The van der Waals surface area contributed by atoms with Crippen molar-refractivity contribution >= 4 is 170 Å². The highest BCUT2D eigenvalue weighted by atomic mass is 32.5. The Morgan fingerprint density at radius 3 is 0.834 bits per heavy atom. The average Bonchev–Trinajstić information content (AvgIpc) is 1.64. The van der Waals surface area contributed by atoms with Gasteiger partial charge < -0.3 is 148 Å². The van der Waals surface area contributed by atoms with Gasteiger partial charge in [-0.3, -0.25) is 90.6 Å². The molecule has 794 valence electrons. The number of rotatable bonds is 40. The number of aromatic amines is 6. The molecule has 7 aliphatic heterocycles. The lowest BCUT2D eigenvalue weighted by Gasteiger charge is -2.29. The second-order valence-electron chi connectivity index (χ2n) is 33.9. The first kappa shape index (κ1) is 111. The predicted octanol–water partition coefficient (Wildman–Crippen LogP) is -1.01. The molecule has 0 spiro atoms. The Kier molecular flexibility index (Phi) is 33.7. The summed E-state index contributed by atoms with van der Waals surface area (Å²) in [4.78, 5) is 260. The summed E-state index contributed by atoms with van der Waals surface area (Å²) in [5.41, 5.74) is 9.02. The zero-order valence-electron chi connectivity index (χ0n) is 76.1. The van der Waals surface area contributed by atoms with E-state index in [4.69, 9.17) is 196 Å². The highest BCUT2D eigenvalue weighted by Gasteiger charge is 2.52. The molecule has 7 aliphatic rings. The summed E-state index contributed by atoms with van der Waals surface area (Å²) in [5.74, 6) is -0.679. The van der Waals surface area contributed by atoms with Crippen molar-refractivity contribution in [2.24, 2.45) is 0 Å². The van der Waals surface area contributed by atoms with Crippen LogP contribution in [0.5, 0.6) is 0 Å². The molecule has 7 saturated heterocycles. The van der Waals surface area contributed by atoms with Gasteiger partial charge in [-0.1, -0.05) is 0 Å². The summed E-state index contributed by atoms with van der Waals surface area (Å²) < 4.78 is 135. The number of hydrogen-bond donors (Lipinski definition) is 16. The van der Waals surface area contributed by atoms with Crippen LogP contribution in [0.2, 0.25) is 0 Å². The van der Waals surface area contributed by atoms with E-state index in [9.17, 15) is 87.0 Å². The number of hydrogen-bond acceptors (Lipinski definition) is 47. The maximum Gasteiger partial charge on any atom is 0.351 e. The molecule has 0 amide bonds. The maximum absolute atomic E-state index is 13.6. The van der Waals surface area contributed by atoms with Crippen molar-refractivity contribution in [3.63, 3.8) is 0 Å². The normalized spacial score (nSPS) is 29.5. The van der Waals surface area contributed by atoms with E-state index >= 15 is 0 Å². The van der Waals surface area contributed by atoms with Crippen LogP contribution in [0.25, 0.3) is 22.3 Å². The minimum absolute atomic E-state index is 0.00907. The maximum atomic E-state index is 13.6. The third-order valence-electron chi connectivity index (χ3n) is 23.8. The molecule has 9 aromatic rings. The third-order valence-corrected chi connectivity index (χ3v) is 35.0. The van der Waals surface area contributed by atoms with E-state index in [1.807, 2.05) is 0 Å². The number of imidazole rings is 2. The number of nitrogen functional groups attached to an aromatic ring is 3. The molecule has 16 rings (SSSR count). The van der Waals surface area contributed by atoms with Gasteiger partial charge in [-0.25, -0.2) is 33.9 Å². The minimum Gasteiger partial charge on any atom is -0.383 e. The van der Waals surface area contributed by atoms with E-state index in [1.54, 1.807) is 13.8 Å². The molecule has 0 aromatic carbocycles. The lowest BCUT2D eigenvalue weighted by Crippen LogP contribution is -2.33. The zero-order chi connectivity index (χ0) is 105. The highest BCUT2D eigenvalue weighted by molar-refractivity contribution is 8.09. The fourth-order valence-electron chi connectivity index (χ4n) is 16.6. The van der Waals surface area contributed by atoms with Gasteiger partial charge in [-0.15, -0.1) is 0 Å². The predicted molar refractivity (Wildman–Crippen MR) is 525 cm³/mol. The van der Waals surface area contributed by atoms with E-state index in [0.717, 1.165) is 37.9 Å². The van der Waals surface area contributed by atoms with Crippen LogP contribution in [-0.2, 0) is 179 Å². The van der Waals surface area contributed by atoms with Gasteiger partial charge in [-0.05, 0) is 124 Å². The summed E-state index contributed by atoms with van der Waals surface area (Å²) in [6.07, 6.45) is -21.6. The van der Waals surface area contributed by atoms with Gasteiger partial charge in [0, 0.05) is 111 Å². The van der Waals surface area contributed by atoms with Crippen molar-refractivity contribution in [2.75, 3.05) is 64.0 Å². The van der Waals surface area contributed by atoms with Crippen LogP contribution >= 0.6 is 47.0 Å². The fraction of sp³-hybridized carbons (Fsp3) is 0.577. The molecule has 0 aliphatic carbocycles. The average molecular weight is 2310 g/mol. The number of ether oxygens (including phenoxy) is 7. The van der Waals surface area contributed by atoms with E-state index < -0.39 is 284 Å². The molecular weight excluding hydrogens is 2210 g/mol. The first-order valence-electron chi connectivity index (χ1n) is 43.2. The van der Waals surface area contributed by atoms with Crippen molar-refractivity contribution in [2.45, 2.75) is 216 Å². The van der Waals surface area contributed by atoms with Crippen molar-refractivity contribution in [1.29, 1.82) is 0 Å². The quantitative estimate of drug-likeness (QED) is 0.0205. The van der Waals surface area contributed by atoms with Gasteiger partial charge in [0.05, 0.1) is 101 Å². The monoisotopic (exact) mass is 2310 g/mol. The lowest BCUT2D eigenvalue weighted by molar-refractivity contribution is -0.0574. The van der Waals surface area contributed by atoms with Crippen LogP contribution in [-0.4, -0.2) is 253 Å². The molecule has 0 saturated carbocycles. The van der Waals surface area contributed by atoms with Crippen LogP contribution < -0.4 is 79.0 Å². The van der Waals surface area contributed by atoms with Crippen LogP contribution in [0.15, 0.2) is 96.4 Å². The molecule has 145 heavy (non-hydrogen) atoms. The first-order valence-corrected chi connectivity index (χ1v) is 61.3. The van der Waals surface area contributed by atoms with Gasteiger partial charge >= 0.3 is 75.5 Å². The van der Waals surface area contributed by atoms with Crippen LogP contribution in [0.3, 0.4) is 0 Å². The minimum atomic E-state index is -4.81. The Labute approximate surface area is 847 Å². The highest BCUT2D eigenvalue weighted by Crippen LogP contribution is 2.59. The standard InChI is InChI=1S/C71H94N21O39P7S7/c1-28-15-86(67(99)77-56(28)72)47-8-34(33(6)118-47)125-133(105,140)112-21-42-36(10-49(120-42)88-17-30(3)60(94)83-69(88)101)127-136(108,143)116-24-45-40(14-53(123-45)92-27-76-55-58(92)79-66(74)81-64(55)98)131-138(110,145)117-25-46-39(13-52(124-46)91-26-75-54-57(91)78-65(73)80-63(54)97)130-137(109,144)115-23-44-38(12-51(122-44)90-19-32(5)62(96)85-71(90)103)129-135(107,142)114-22-43-37(11-50(121-43)89-18-31(4)61(95)84-70(89)102)128-134(106,141)113-20-41-35(126-132(104,139)111-7)9-48(119-41)87-16-29(2)59(93)82-68(87)100/h15-19,26-27,33-53H,8-14,20-25H2,1-7H3,(H,104,139)(H,105,140)(H,106,141)(H,107,142)(H,108,143)(H,109,144)(H,110,145)(H2,72,77,99)(H,82,93,100)(H,83,94,101)(H,84,95,102)(H,85,96,103)(H3,73,78,80,97)(H3,74,79,81,98)/t33-,34-,35-,36-,37-,38-,39-,40-,41-,42-,43-,44-,45-,46-,47-,48-,49-,50-,51-,52-,53-,132?,133?,134?,135?,136?,137?,138?/m1/s1. The molecule has 74 heteroatoms. The molecule has 0 radical (unpaired) electrons. The number of aromatic nitrogens is 18. The Hall–Kier alpha value is -6.87. The number of fused-ring (bicyclic) bond motifs is 2. The molecule has 7 fully saturated rings. The Morgan fingerprint density at radius 1 is 0.331 bits per heavy atom. The zero-order valence-corrected chi connectivity index (χ0v) is 88.1. The van der Waals surface area contributed by atoms with Gasteiger partial charge in [-0.2, -0.15) is 15.0 Å². The molecule has 28 atom stereocenters. The smallest absolute Gasteiger partial charge is 0.351 e. The second-order valence-corrected chi connectivity index (χ2v) is 53.6. The van der Waals surface area contributed by atoms with Crippen molar-refractivity contribution in [1.82, 2.24) is 86.8 Å². The van der Waals surface area contributed by atoms with Gasteiger partial charge in [0.15, 0.2) is 22.3 Å². The lowest BCUT2D eigenvalue weighted by atomic mass is 10.2. The van der Waals surface area contributed by atoms with Crippen LogP contribution in [0, 0.1) is 34.6 Å². The topological polar surface area (TPSA) is 795 Å². The van der Waals surface area contributed by atoms with Gasteiger partial charge in [0.2, 0.25) is 11.9 Å². The van der Waals surface area contributed by atoms with E-state index in [1.165, 1.54) is 72.5 Å². The molecule has 16 heterocycles. The Morgan fingerprint density at radius 2 is 0.566 bits per heavy atom. The molecule has 19 N–H and O–H groups in total. The van der Waals surface area contributed by atoms with Gasteiger partial charge in [0.1, 0.15) is 86.0 Å². The number of nitrogens with one attached hydrogen (secondary N) is 6. The Balaban J connectivity index is 0.616. The summed E-state index contributed by atoms with van der Waals surface area (Å²) in [6, 6.07) is 0. The third kappa shape index (κ3) is 26.2. The second kappa shape index (κ2) is 44.1. The van der Waals surface area contributed by atoms with Crippen LogP contribution in [0.4, 0.5) is 17.7 Å². The number of nitrogens with two attached hydrogens (primary N) is 3. The molecule has 0 bridgehead atoms. The Bertz CT molecular complexity index is 7570. The SMILES string of the molecule is COP(O)(=S)O[C@@H]1C[C@H](n2cc(C)c(=O)[nH]c2=O)O[C@@H]1COP(O)(=S)O[C@@H]1C[C@H](n2cc(C)c(=O)[nH]c2=O)O[C@@H]1COP(O)(=S)O[C@@H]1C[C@H](n2cc(C)c(=O)[nH]c2=O)O[C@@H]1COP(O)(=S)O[C@@H]1C[C@H](n2cnc3c(=O)[nH]c(N)nc32)O[C@@H]1COP(O)(=S)O[C@@H]1C[C@H](n2cnc3c(=O)[nH]c(N)nc32)O[C@@H]1COP(O)(=S)O[C@@H]1C[C@H](n2cc(C)c(=O)[nH]c2=O)O[C@@H]1COP(O)(=S)O[C@@H]1C[C@H](n2cc(C)c(N)nc2=O)O[C@@H]1C. The number of H-pyrrole nitrogens is 6. The van der Waals surface area contributed by atoms with E-state index in [2.05, 4.69) is 54.8 Å². The van der Waals surface area contributed by atoms with Crippen molar-refractivity contribution in [3.8, 4) is 0 Å². The number of nitrogens with zero attached hydrogens (tertiary/aromatic N) is 12. The van der Waals surface area contributed by atoms with Gasteiger partial charge in [0.25, 0.3) is 33.4 Å². The van der Waals surface area contributed by atoms with E-state index in [-0.39, 0.29) is 101 Å². The van der Waals surface area contributed by atoms with E-state index in [0.29, 0.717) is 5.56 Å². The van der Waals surface area contributed by atoms with Crippen molar-refractivity contribution < 1.29 is 131 Å². The summed E-state index contributed by atoms with van der Waals surface area (Å²) >= 11 is 38.7. The number of aryl methyl sites for hydroxylation is 5. The molecular formula is C71H94N21O39P7S7. The largest absolute Gasteiger partial charge is 0.383 e. The number of anilines is 3. The van der Waals surface area contributed by atoms with Crippen molar-refractivity contribution in [3.05, 3.63) is 186 Å². The van der Waals surface area contributed by atoms with Crippen LogP contribution in [0.1, 0.15) is 123 Å². The fourth-order valence-corrected chi connectivity index (χ4v) is 26.5. The molecule has 60 nitrogen and oxygen atoms in total. The summed E-state index contributed by atoms with van der Waals surface area (Å²) in [6.45, 7) is -27.8. The summed E-state index contributed by atoms with van der Waals surface area (Å²) in [7, 11) is 1.08. The molecule has 7 unspecified atom stereocenters. The first-order chi connectivity index (χ1) is 68.0.